The fraction of sp³-hybridized carbons (Fsp3) is 0.406. The van der Waals surface area contributed by atoms with E-state index in [9.17, 15) is 13.6 Å². The predicted octanol–water partition coefficient (Wildman–Crippen LogP) is 7.08. The maximum Gasteiger partial charge on any atom is 0.254 e. The fourth-order valence-corrected chi connectivity index (χ4v) is 5.91. The van der Waals surface area contributed by atoms with Gasteiger partial charge >= 0.3 is 0 Å². The van der Waals surface area contributed by atoms with Gasteiger partial charge in [-0.25, -0.2) is 8.78 Å². The van der Waals surface area contributed by atoms with Crippen molar-refractivity contribution in [3.8, 4) is 5.75 Å². The van der Waals surface area contributed by atoms with Crippen molar-refractivity contribution in [3.63, 3.8) is 0 Å². The van der Waals surface area contributed by atoms with E-state index >= 15 is 0 Å². The summed E-state index contributed by atoms with van der Waals surface area (Å²) in [5.74, 6) is -0.525. The molecule has 3 aromatic rings. The highest BCUT2D eigenvalue weighted by Crippen LogP contribution is 2.31. The number of amides is 1. The minimum atomic E-state index is -0.640. The van der Waals surface area contributed by atoms with Gasteiger partial charge in [-0.3, -0.25) is 9.69 Å². The smallest absolute Gasteiger partial charge is 0.254 e. The Labute approximate surface area is 223 Å². The number of nitrogens with zero attached hydrogens (tertiary/aromatic N) is 2. The molecule has 0 bridgehead atoms. The minimum absolute atomic E-state index is 0.111. The first-order valence-corrected chi connectivity index (χ1v) is 13.7. The van der Waals surface area contributed by atoms with Gasteiger partial charge in [0, 0.05) is 43.2 Å². The molecule has 3 aromatic carbocycles. The molecule has 0 radical (unpaired) electrons. The summed E-state index contributed by atoms with van der Waals surface area (Å²) >= 11 is 0. The molecule has 5 rings (SSSR count). The van der Waals surface area contributed by atoms with Gasteiger partial charge in [0.05, 0.1) is 11.5 Å². The Kier molecular flexibility index (Phi) is 7.80. The van der Waals surface area contributed by atoms with E-state index in [4.69, 9.17) is 4.74 Å². The molecular weight excluding hydrogens is 482 g/mol. The molecule has 0 saturated carbocycles. The summed E-state index contributed by atoms with van der Waals surface area (Å²) in [4.78, 5) is 17.7. The molecule has 2 aliphatic heterocycles. The molecule has 0 aliphatic carbocycles. The lowest BCUT2D eigenvalue weighted by molar-refractivity contribution is 0.0610. The monoisotopic (exact) mass is 518 g/mol. The standard InChI is InChI=1S/C32H36F2N2O2/c1-21(2)38-26-9-7-23(8-10-26)22(3)24-13-17-35(18-14-24)25-15-19-36(20-16-25)32(37)28-11-12-30(34)31-27(28)5-4-6-29(31)33/h4-12,21,25H,13-20H2,1-3H3. The van der Waals surface area contributed by atoms with E-state index in [-0.39, 0.29) is 17.4 Å². The summed E-state index contributed by atoms with van der Waals surface area (Å²) < 4.78 is 34.3. The molecule has 38 heavy (non-hydrogen) atoms. The van der Waals surface area contributed by atoms with Crippen LogP contribution in [0.15, 0.2) is 60.2 Å². The van der Waals surface area contributed by atoms with Gasteiger partial charge in [-0.2, -0.15) is 0 Å². The zero-order valence-electron chi connectivity index (χ0n) is 22.5. The van der Waals surface area contributed by atoms with Crippen molar-refractivity contribution < 1.29 is 18.3 Å². The number of benzene rings is 3. The Morgan fingerprint density at radius 2 is 1.55 bits per heavy atom. The van der Waals surface area contributed by atoms with Gasteiger partial charge in [-0.15, -0.1) is 0 Å². The minimum Gasteiger partial charge on any atom is -0.491 e. The Hall–Kier alpha value is -3.25. The molecule has 0 N–H and O–H groups in total. The van der Waals surface area contributed by atoms with Crippen LogP contribution in [0.4, 0.5) is 8.78 Å². The number of fused-ring (bicyclic) bond motifs is 1. The predicted molar refractivity (Wildman–Crippen MR) is 148 cm³/mol. The first-order valence-electron chi connectivity index (χ1n) is 13.7. The van der Waals surface area contributed by atoms with Crippen LogP contribution in [0.25, 0.3) is 16.3 Å². The molecule has 2 saturated heterocycles. The molecule has 6 heteroatoms. The van der Waals surface area contributed by atoms with E-state index in [1.165, 1.54) is 41.0 Å². The number of hydrogen-bond acceptors (Lipinski definition) is 3. The van der Waals surface area contributed by atoms with Crippen molar-refractivity contribution in [2.24, 2.45) is 0 Å². The summed E-state index contributed by atoms with van der Waals surface area (Å²) in [5.41, 5.74) is 4.50. The van der Waals surface area contributed by atoms with Crippen molar-refractivity contribution >= 4 is 22.3 Å². The Bertz CT molecular complexity index is 1320. The molecule has 2 aliphatic rings. The first-order chi connectivity index (χ1) is 18.3. The average molecular weight is 519 g/mol. The first kappa shape index (κ1) is 26.4. The van der Waals surface area contributed by atoms with Gasteiger partial charge in [0.1, 0.15) is 17.4 Å². The van der Waals surface area contributed by atoms with Gasteiger partial charge in [0.15, 0.2) is 0 Å². The third-order valence-electron chi connectivity index (χ3n) is 8.03. The highest BCUT2D eigenvalue weighted by Gasteiger charge is 2.30. The number of hydrogen-bond donors (Lipinski definition) is 0. The number of carbonyl (C=O) groups excluding carboxylic acids is 1. The van der Waals surface area contributed by atoms with Crippen molar-refractivity contribution in [2.75, 3.05) is 26.2 Å². The van der Waals surface area contributed by atoms with Crippen LogP contribution in [0.2, 0.25) is 0 Å². The molecule has 1 amide bonds. The van der Waals surface area contributed by atoms with Crippen LogP contribution in [-0.4, -0.2) is 54.0 Å². The number of halogens is 2. The van der Waals surface area contributed by atoms with Crippen LogP contribution in [0.1, 0.15) is 62.4 Å². The van der Waals surface area contributed by atoms with E-state index in [1.807, 2.05) is 18.7 Å². The number of likely N-dealkylation sites (tertiary alicyclic amines) is 2. The van der Waals surface area contributed by atoms with E-state index < -0.39 is 11.6 Å². The Morgan fingerprint density at radius 1 is 0.895 bits per heavy atom. The molecule has 0 spiro atoms. The van der Waals surface area contributed by atoms with E-state index in [0.29, 0.717) is 30.1 Å². The number of piperidine rings is 2. The van der Waals surface area contributed by atoms with Crippen molar-refractivity contribution in [1.29, 1.82) is 0 Å². The number of carbonyl (C=O) groups is 1. The highest BCUT2D eigenvalue weighted by atomic mass is 19.1. The maximum atomic E-state index is 14.2. The normalized spacial score (nSPS) is 17.3. The van der Waals surface area contributed by atoms with Crippen molar-refractivity contribution in [1.82, 2.24) is 9.80 Å². The van der Waals surface area contributed by atoms with Crippen molar-refractivity contribution in [2.45, 2.75) is 58.6 Å². The third-order valence-corrected chi connectivity index (χ3v) is 8.03. The lowest BCUT2D eigenvalue weighted by atomic mass is 9.92. The number of allylic oxidation sites excluding steroid dienone is 1. The Morgan fingerprint density at radius 3 is 2.21 bits per heavy atom. The molecule has 2 heterocycles. The summed E-state index contributed by atoms with van der Waals surface area (Å²) in [6.45, 7) is 9.65. The van der Waals surface area contributed by atoms with Crippen molar-refractivity contribution in [3.05, 3.63) is 82.9 Å². The topological polar surface area (TPSA) is 32.8 Å². The molecule has 200 valence electrons. The van der Waals surface area contributed by atoms with Gasteiger partial charge in [0.2, 0.25) is 0 Å². The van der Waals surface area contributed by atoms with Crippen LogP contribution >= 0.6 is 0 Å². The molecule has 4 nitrogen and oxygen atoms in total. The second-order valence-electron chi connectivity index (χ2n) is 10.7. The summed E-state index contributed by atoms with van der Waals surface area (Å²) in [7, 11) is 0. The largest absolute Gasteiger partial charge is 0.491 e. The SMILES string of the molecule is CC(=C1CCN(C2CCN(C(=O)c3ccc(F)c4c(F)cccc34)CC2)CC1)c1ccc(OC(C)C)cc1. The molecular formula is C32H36F2N2O2. The van der Waals surface area contributed by atoms with Crippen LogP contribution in [0, 0.1) is 11.6 Å². The van der Waals surface area contributed by atoms with E-state index in [2.05, 4.69) is 36.1 Å². The highest BCUT2D eigenvalue weighted by molar-refractivity contribution is 6.07. The molecule has 0 aromatic heterocycles. The van der Waals surface area contributed by atoms with E-state index in [1.54, 1.807) is 6.07 Å². The zero-order chi connectivity index (χ0) is 26.8. The number of rotatable bonds is 5. The van der Waals surface area contributed by atoms with Crippen LogP contribution in [0.3, 0.4) is 0 Å². The van der Waals surface area contributed by atoms with Gasteiger partial charge < -0.3 is 9.64 Å². The van der Waals surface area contributed by atoms with Gasteiger partial charge in [-0.05, 0) is 87.9 Å². The lowest BCUT2D eigenvalue weighted by Gasteiger charge is -2.41. The van der Waals surface area contributed by atoms with Crippen LogP contribution in [0.5, 0.6) is 5.75 Å². The average Bonchev–Trinajstić information content (AvgIpc) is 2.93. The van der Waals surface area contributed by atoms with Crippen LogP contribution in [-0.2, 0) is 0 Å². The summed E-state index contributed by atoms with van der Waals surface area (Å²) in [5, 5.41) is 0.227. The Balaban J connectivity index is 1.18. The third kappa shape index (κ3) is 5.46. The summed E-state index contributed by atoms with van der Waals surface area (Å²) in [6.07, 6.45) is 4.11. The van der Waals surface area contributed by atoms with Gasteiger partial charge in [0.25, 0.3) is 5.91 Å². The molecule has 2 fully saturated rings. The second kappa shape index (κ2) is 11.2. The molecule has 0 unspecified atom stereocenters. The van der Waals surface area contributed by atoms with Gasteiger partial charge in [-0.1, -0.05) is 29.8 Å². The maximum absolute atomic E-state index is 14.2. The summed E-state index contributed by atoms with van der Waals surface area (Å²) in [6, 6.07) is 15.9. The number of ether oxygens (including phenoxy) is 1. The van der Waals surface area contributed by atoms with E-state index in [0.717, 1.165) is 44.5 Å². The zero-order valence-corrected chi connectivity index (χ0v) is 22.5. The van der Waals surface area contributed by atoms with Crippen LogP contribution < -0.4 is 4.74 Å². The second-order valence-corrected chi connectivity index (χ2v) is 10.7. The lowest BCUT2D eigenvalue weighted by Crippen LogP contribution is -2.48. The fourth-order valence-electron chi connectivity index (χ4n) is 5.91. The molecule has 0 atom stereocenters. The quantitative estimate of drug-likeness (QED) is 0.362.